The summed E-state index contributed by atoms with van der Waals surface area (Å²) in [5, 5.41) is 14.8. The lowest BCUT2D eigenvalue weighted by atomic mass is 9.84. The normalized spacial score (nSPS) is 26.2. The molecular formula is C15H28N2O6S. The minimum Gasteiger partial charge on any atom is -0.473 e. The molecule has 0 spiro atoms. The molecule has 140 valence electrons. The number of sulfonamides is 1. The number of carboxylic acid groups (broad SMARTS) is 2. The fraction of sp³-hybridized carbons (Fsp3) is 0.867. The summed E-state index contributed by atoms with van der Waals surface area (Å²) in [4.78, 5) is 20.7. The Hall–Kier alpha value is -1.19. The number of hydrogen-bond donors (Lipinski definition) is 2. The van der Waals surface area contributed by atoms with Gasteiger partial charge in [0.05, 0.1) is 5.75 Å². The third kappa shape index (κ3) is 6.03. The molecule has 2 aliphatic rings. The van der Waals surface area contributed by atoms with Gasteiger partial charge in [0, 0.05) is 32.2 Å². The summed E-state index contributed by atoms with van der Waals surface area (Å²) in [5.41, 5.74) is 0. The van der Waals surface area contributed by atoms with Crippen molar-refractivity contribution in [1.29, 1.82) is 0 Å². The van der Waals surface area contributed by atoms with Crippen LogP contribution in [0.4, 0.5) is 0 Å². The third-order valence-electron chi connectivity index (χ3n) is 4.75. The molecule has 1 aliphatic carbocycles. The molecule has 0 bridgehead atoms. The molecule has 1 heterocycles. The maximum absolute atomic E-state index is 11.8. The van der Waals surface area contributed by atoms with E-state index in [0.717, 1.165) is 19.0 Å². The second-order valence-electron chi connectivity index (χ2n) is 6.27. The van der Waals surface area contributed by atoms with Gasteiger partial charge in [-0.2, -0.15) is 4.31 Å². The SMILES string of the molecule is CCS(=O)(=O)N1CCN(C2CCCCC2C)CC1.O=C(O)C(=O)O. The standard InChI is InChI=1S/C13H26N2O2S.C2H2O4/c1-3-18(16,17)15-10-8-14(9-11-15)13-7-5-4-6-12(13)2;3-1(4)2(5)6/h12-13H,3-11H2,1-2H3;(H,3,4)(H,5,6). The van der Waals surface area contributed by atoms with E-state index in [9.17, 15) is 8.42 Å². The van der Waals surface area contributed by atoms with Crippen LogP contribution in [0.2, 0.25) is 0 Å². The molecule has 0 aromatic heterocycles. The lowest BCUT2D eigenvalue weighted by molar-refractivity contribution is -0.159. The molecular weight excluding hydrogens is 336 g/mol. The van der Waals surface area contributed by atoms with Crippen LogP contribution >= 0.6 is 0 Å². The highest BCUT2D eigenvalue weighted by molar-refractivity contribution is 7.89. The van der Waals surface area contributed by atoms with Crippen molar-refractivity contribution in [1.82, 2.24) is 9.21 Å². The largest absolute Gasteiger partial charge is 0.473 e. The lowest BCUT2D eigenvalue weighted by Crippen LogP contribution is -2.54. The molecule has 1 saturated heterocycles. The van der Waals surface area contributed by atoms with Crippen molar-refractivity contribution in [3.63, 3.8) is 0 Å². The van der Waals surface area contributed by atoms with Crippen LogP contribution in [0.5, 0.6) is 0 Å². The highest BCUT2D eigenvalue weighted by Crippen LogP contribution is 2.28. The van der Waals surface area contributed by atoms with Crippen molar-refractivity contribution < 1.29 is 28.2 Å². The Kier molecular flexibility index (Phi) is 8.11. The molecule has 2 N–H and O–H groups in total. The summed E-state index contributed by atoms with van der Waals surface area (Å²) >= 11 is 0. The number of carboxylic acids is 2. The second-order valence-corrected chi connectivity index (χ2v) is 8.53. The van der Waals surface area contributed by atoms with Gasteiger partial charge >= 0.3 is 11.9 Å². The van der Waals surface area contributed by atoms with Gasteiger partial charge in [-0.3, -0.25) is 4.90 Å². The van der Waals surface area contributed by atoms with Crippen LogP contribution in [0.15, 0.2) is 0 Å². The summed E-state index contributed by atoms with van der Waals surface area (Å²) in [6, 6.07) is 0.685. The topological polar surface area (TPSA) is 115 Å². The number of nitrogens with zero attached hydrogens (tertiary/aromatic N) is 2. The summed E-state index contributed by atoms with van der Waals surface area (Å²) in [6.07, 6.45) is 5.32. The summed E-state index contributed by atoms with van der Waals surface area (Å²) in [6.45, 7) is 7.26. The predicted molar refractivity (Wildman–Crippen MR) is 89.3 cm³/mol. The van der Waals surface area contributed by atoms with E-state index in [2.05, 4.69) is 11.8 Å². The van der Waals surface area contributed by atoms with Crippen molar-refractivity contribution in [2.75, 3.05) is 31.9 Å². The van der Waals surface area contributed by atoms with E-state index in [1.165, 1.54) is 25.7 Å². The molecule has 8 nitrogen and oxygen atoms in total. The van der Waals surface area contributed by atoms with Gasteiger partial charge in [0.1, 0.15) is 0 Å². The molecule has 2 fully saturated rings. The van der Waals surface area contributed by atoms with E-state index in [1.54, 1.807) is 11.2 Å². The van der Waals surface area contributed by atoms with Gasteiger partial charge in [-0.1, -0.05) is 19.8 Å². The summed E-state index contributed by atoms with van der Waals surface area (Å²) in [7, 11) is -2.98. The molecule has 0 radical (unpaired) electrons. The van der Waals surface area contributed by atoms with Gasteiger partial charge < -0.3 is 10.2 Å². The van der Waals surface area contributed by atoms with Crippen LogP contribution in [0.1, 0.15) is 39.5 Å². The highest BCUT2D eigenvalue weighted by atomic mass is 32.2. The minimum absolute atomic E-state index is 0.229. The number of piperazine rings is 1. The average Bonchev–Trinajstić information content (AvgIpc) is 2.56. The van der Waals surface area contributed by atoms with Crippen molar-refractivity contribution in [2.24, 2.45) is 5.92 Å². The molecule has 0 aromatic carbocycles. The monoisotopic (exact) mass is 364 g/mol. The van der Waals surface area contributed by atoms with Crippen LogP contribution in [0, 0.1) is 5.92 Å². The molecule has 9 heteroatoms. The smallest absolute Gasteiger partial charge is 0.414 e. The van der Waals surface area contributed by atoms with Gasteiger partial charge in [-0.05, 0) is 25.7 Å². The van der Waals surface area contributed by atoms with Crippen LogP contribution in [-0.4, -0.2) is 77.7 Å². The Labute approximate surface area is 143 Å². The Bertz CT molecular complexity index is 516. The quantitative estimate of drug-likeness (QED) is 0.708. The predicted octanol–water partition coefficient (Wildman–Crippen LogP) is 0.688. The van der Waals surface area contributed by atoms with Crippen molar-refractivity contribution >= 4 is 22.0 Å². The Morgan fingerprint density at radius 1 is 1.00 bits per heavy atom. The van der Waals surface area contributed by atoms with E-state index in [0.29, 0.717) is 19.1 Å². The van der Waals surface area contributed by atoms with Crippen LogP contribution in [0.25, 0.3) is 0 Å². The van der Waals surface area contributed by atoms with Gasteiger partial charge in [-0.15, -0.1) is 0 Å². The van der Waals surface area contributed by atoms with Crippen LogP contribution < -0.4 is 0 Å². The first-order valence-corrected chi connectivity index (χ1v) is 9.98. The third-order valence-corrected chi connectivity index (χ3v) is 6.63. The maximum Gasteiger partial charge on any atom is 0.414 e. The van der Waals surface area contributed by atoms with E-state index in [1.807, 2.05) is 0 Å². The Morgan fingerprint density at radius 2 is 1.50 bits per heavy atom. The van der Waals surface area contributed by atoms with Gasteiger partial charge in [-0.25, -0.2) is 18.0 Å². The summed E-state index contributed by atoms with van der Waals surface area (Å²) in [5.74, 6) is -2.65. The first-order chi connectivity index (χ1) is 11.2. The van der Waals surface area contributed by atoms with E-state index < -0.39 is 22.0 Å². The van der Waals surface area contributed by atoms with E-state index >= 15 is 0 Å². The highest BCUT2D eigenvalue weighted by Gasteiger charge is 2.32. The first-order valence-electron chi connectivity index (χ1n) is 8.37. The second kappa shape index (κ2) is 9.33. The molecule has 1 aliphatic heterocycles. The van der Waals surface area contributed by atoms with Gasteiger partial charge in [0.2, 0.25) is 10.0 Å². The molecule has 1 saturated carbocycles. The summed E-state index contributed by atoms with van der Waals surface area (Å²) < 4.78 is 25.3. The Balaban J connectivity index is 0.000000413. The molecule has 2 atom stereocenters. The number of carbonyl (C=O) groups is 2. The first kappa shape index (κ1) is 20.9. The zero-order valence-corrected chi connectivity index (χ0v) is 15.2. The molecule has 24 heavy (non-hydrogen) atoms. The van der Waals surface area contributed by atoms with Crippen LogP contribution in [0.3, 0.4) is 0 Å². The zero-order valence-electron chi connectivity index (χ0n) is 14.3. The van der Waals surface area contributed by atoms with Crippen molar-refractivity contribution in [2.45, 2.75) is 45.6 Å². The average molecular weight is 364 g/mol. The maximum atomic E-state index is 11.8. The minimum atomic E-state index is -2.98. The van der Waals surface area contributed by atoms with E-state index in [4.69, 9.17) is 19.8 Å². The van der Waals surface area contributed by atoms with E-state index in [-0.39, 0.29) is 5.75 Å². The number of hydrogen-bond acceptors (Lipinski definition) is 5. The van der Waals surface area contributed by atoms with Crippen molar-refractivity contribution in [3.8, 4) is 0 Å². The fourth-order valence-corrected chi connectivity index (χ4v) is 4.42. The van der Waals surface area contributed by atoms with Gasteiger partial charge in [0.15, 0.2) is 0 Å². The fourth-order valence-electron chi connectivity index (χ4n) is 3.34. The Morgan fingerprint density at radius 3 is 1.92 bits per heavy atom. The van der Waals surface area contributed by atoms with Gasteiger partial charge in [0.25, 0.3) is 0 Å². The zero-order chi connectivity index (χ0) is 18.3. The van der Waals surface area contributed by atoms with Crippen LogP contribution in [-0.2, 0) is 19.6 Å². The number of rotatable bonds is 3. The molecule has 2 rings (SSSR count). The molecule has 0 amide bonds. The number of aliphatic carboxylic acids is 2. The molecule has 2 unspecified atom stereocenters. The lowest BCUT2D eigenvalue weighted by Gasteiger charge is -2.43. The van der Waals surface area contributed by atoms with Crippen molar-refractivity contribution in [3.05, 3.63) is 0 Å². The molecule has 0 aromatic rings.